The molecule has 4 rings (SSSR count). The summed E-state index contributed by atoms with van der Waals surface area (Å²) in [6.45, 7) is 1.31. The Morgan fingerprint density at radius 2 is 2.04 bits per heavy atom. The fourth-order valence-electron chi connectivity index (χ4n) is 3.52. The Hall–Kier alpha value is -1.46. The molecule has 2 fully saturated rings. The van der Waals surface area contributed by atoms with Gasteiger partial charge in [-0.2, -0.15) is 0 Å². The van der Waals surface area contributed by atoms with E-state index in [0.717, 1.165) is 31.4 Å². The summed E-state index contributed by atoms with van der Waals surface area (Å²) in [7, 11) is 0. The van der Waals surface area contributed by atoms with Crippen LogP contribution in [-0.4, -0.2) is 34.1 Å². The Morgan fingerprint density at radius 1 is 1.26 bits per heavy atom. The molecular weight excluding hydrogens is 319 g/mol. The summed E-state index contributed by atoms with van der Waals surface area (Å²) in [4.78, 5) is 26.5. The molecule has 3 nitrogen and oxygen atoms in total. The molecule has 5 heteroatoms. The van der Waals surface area contributed by atoms with Crippen LogP contribution in [-0.2, 0) is 9.59 Å². The van der Waals surface area contributed by atoms with Crippen LogP contribution in [0.3, 0.4) is 0 Å². The molecule has 1 saturated carbocycles. The van der Waals surface area contributed by atoms with E-state index in [-0.39, 0.29) is 27.9 Å². The van der Waals surface area contributed by atoms with Gasteiger partial charge in [-0.25, -0.2) is 4.39 Å². The summed E-state index contributed by atoms with van der Waals surface area (Å²) in [5.41, 5.74) is 1.55. The number of benzene rings is 1. The van der Waals surface area contributed by atoms with Crippen LogP contribution in [0.25, 0.3) is 0 Å². The smallest absolute Gasteiger partial charge is 0.212 e. The van der Waals surface area contributed by atoms with E-state index < -0.39 is 6.04 Å². The van der Waals surface area contributed by atoms with Crippen LogP contribution in [0.15, 0.2) is 35.9 Å². The molecule has 2 aliphatic heterocycles. The number of fused-ring (bicyclic) bond motifs is 1. The number of carbonyl (C=O) groups excluding carboxylic acids is 2. The summed E-state index contributed by atoms with van der Waals surface area (Å²) in [6.07, 6.45) is 4.36. The molecule has 2 atom stereocenters. The Morgan fingerprint density at radius 3 is 2.78 bits per heavy atom. The van der Waals surface area contributed by atoms with Crippen molar-refractivity contribution in [3.8, 4) is 0 Å². The number of hydrogen-bond donors (Lipinski definition) is 0. The molecule has 1 aliphatic carbocycles. The van der Waals surface area contributed by atoms with Crippen LogP contribution in [0, 0.1) is 11.7 Å². The lowest BCUT2D eigenvalue weighted by molar-refractivity contribution is -0.126. The first kappa shape index (κ1) is 15.1. The number of halogens is 1. The Bertz CT molecular complexity index is 698. The fourth-order valence-corrected chi connectivity index (χ4v) is 4.54. The topological polar surface area (TPSA) is 37.4 Å². The second kappa shape index (κ2) is 5.87. The van der Waals surface area contributed by atoms with E-state index in [0.29, 0.717) is 12.1 Å². The standard InChI is InChI=1S/C18H18FNO2S/c19-14-4-2-1-3-13(14)17(18(22)11-5-6-11)20-8-7-15-12(10-20)9-16(21)23-15/h1-4,9,11,15,17H,5-8,10H2/i1+1,2+1,3+1,4+1,13+1,14+1. The van der Waals surface area contributed by atoms with Crippen LogP contribution >= 0.6 is 11.8 Å². The van der Waals surface area contributed by atoms with Crippen molar-refractivity contribution in [1.82, 2.24) is 4.90 Å². The zero-order valence-electron chi connectivity index (χ0n) is 12.7. The van der Waals surface area contributed by atoms with Crippen molar-refractivity contribution >= 4 is 22.7 Å². The van der Waals surface area contributed by atoms with Crippen molar-refractivity contribution in [2.45, 2.75) is 30.6 Å². The van der Waals surface area contributed by atoms with Crippen molar-refractivity contribution in [2.75, 3.05) is 13.1 Å². The van der Waals surface area contributed by atoms with Gasteiger partial charge in [0, 0.05) is 29.8 Å². The largest absolute Gasteiger partial charge is 0.297 e. The number of piperidine rings is 1. The highest BCUT2D eigenvalue weighted by molar-refractivity contribution is 8.15. The molecule has 0 aromatic heterocycles. The average Bonchev–Trinajstić information content (AvgIpc) is 3.31. The van der Waals surface area contributed by atoms with Crippen LogP contribution in [0.2, 0.25) is 0 Å². The number of hydrogen-bond acceptors (Lipinski definition) is 4. The molecule has 0 amide bonds. The minimum absolute atomic E-state index is 0.0749. The highest BCUT2D eigenvalue weighted by atomic mass is 32.2. The van der Waals surface area contributed by atoms with Gasteiger partial charge in [-0.05, 0) is 37.0 Å². The molecule has 0 spiro atoms. The lowest BCUT2D eigenvalue weighted by Crippen LogP contribution is -2.42. The van der Waals surface area contributed by atoms with E-state index in [1.807, 2.05) is 0 Å². The van der Waals surface area contributed by atoms with Crippen molar-refractivity contribution in [1.29, 1.82) is 0 Å². The molecule has 1 saturated heterocycles. The third-order valence-corrected chi connectivity index (χ3v) is 6.03. The predicted octanol–water partition coefficient (Wildman–Crippen LogP) is 3.12. The van der Waals surface area contributed by atoms with E-state index in [1.165, 1.54) is 17.8 Å². The van der Waals surface area contributed by atoms with E-state index in [4.69, 9.17) is 0 Å². The van der Waals surface area contributed by atoms with E-state index >= 15 is 0 Å². The second-order valence-corrected chi connectivity index (χ2v) is 7.71. The summed E-state index contributed by atoms with van der Waals surface area (Å²) in [5.74, 6) is -0.114. The zero-order valence-corrected chi connectivity index (χ0v) is 13.5. The molecular formula is C18H18FNO2S. The Kier molecular flexibility index (Phi) is 3.85. The normalized spacial score (nSPS) is 25.9. The van der Waals surface area contributed by atoms with Gasteiger partial charge in [0.25, 0.3) is 0 Å². The van der Waals surface area contributed by atoms with Crippen molar-refractivity contribution in [2.24, 2.45) is 5.92 Å². The quantitative estimate of drug-likeness (QED) is 0.846. The van der Waals surface area contributed by atoms with Gasteiger partial charge in [0.2, 0.25) is 5.12 Å². The van der Waals surface area contributed by atoms with Crippen molar-refractivity contribution in [3.63, 3.8) is 0 Å². The van der Waals surface area contributed by atoms with Gasteiger partial charge in [0.05, 0.1) is 6.04 Å². The lowest BCUT2D eigenvalue weighted by Gasteiger charge is -2.37. The van der Waals surface area contributed by atoms with Gasteiger partial charge in [-0.15, -0.1) is 0 Å². The maximum absolute atomic E-state index is 14.3. The molecule has 0 N–H and O–H groups in total. The van der Waals surface area contributed by atoms with Gasteiger partial charge < -0.3 is 0 Å². The van der Waals surface area contributed by atoms with Crippen LogP contribution in [0.4, 0.5) is 4.39 Å². The first-order valence-corrected chi connectivity index (χ1v) is 8.95. The second-order valence-electron chi connectivity index (χ2n) is 6.50. The highest BCUT2D eigenvalue weighted by Crippen LogP contribution is 2.41. The van der Waals surface area contributed by atoms with Gasteiger partial charge in [0.15, 0.2) is 5.78 Å². The van der Waals surface area contributed by atoms with Crippen LogP contribution < -0.4 is 0 Å². The number of Topliss-reactive ketones (excluding diaryl/α,β-unsaturated/α-hetero) is 1. The van der Waals surface area contributed by atoms with E-state index in [2.05, 4.69) is 4.90 Å². The molecule has 3 aliphatic rings. The molecule has 120 valence electrons. The zero-order chi connectivity index (χ0) is 16.0. The number of rotatable bonds is 4. The van der Waals surface area contributed by atoms with Gasteiger partial charge >= 0.3 is 0 Å². The van der Waals surface area contributed by atoms with Crippen molar-refractivity contribution < 1.29 is 14.0 Å². The molecule has 2 heterocycles. The maximum Gasteiger partial charge on any atom is 0.212 e. The number of carbonyl (C=O) groups is 2. The van der Waals surface area contributed by atoms with Gasteiger partial charge in [0.1, 0.15) is 5.82 Å². The number of nitrogens with zero attached hydrogens (tertiary/aromatic N) is 1. The fraction of sp³-hybridized carbons (Fsp3) is 0.444. The number of thioether (sulfide) groups is 1. The summed E-state index contributed by atoms with van der Waals surface area (Å²) in [5, 5.41) is 0.346. The van der Waals surface area contributed by atoms with Crippen LogP contribution in [0.1, 0.15) is 30.9 Å². The Labute approximate surface area is 138 Å². The lowest BCUT2D eigenvalue weighted by atomic mass is 10.0. The van der Waals surface area contributed by atoms with Gasteiger partial charge in [-0.3, -0.25) is 14.5 Å². The monoisotopic (exact) mass is 337 g/mol. The minimum atomic E-state index is -0.522. The van der Waals surface area contributed by atoms with Crippen LogP contribution in [0.5, 0.6) is 0 Å². The molecule has 0 bridgehead atoms. The third kappa shape index (κ3) is 2.88. The highest BCUT2D eigenvalue weighted by Gasteiger charge is 2.42. The van der Waals surface area contributed by atoms with Crippen molar-refractivity contribution in [3.05, 3.63) is 47.3 Å². The third-order valence-electron chi connectivity index (χ3n) is 4.85. The summed E-state index contributed by atoms with van der Waals surface area (Å²) in [6, 6.07) is 6.05. The van der Waals surface area contributed by atoms with Gasteiger partial charge in [-0.1, -0.05) is 30.0 Å². The predicted molar refractivity (Wildman–Crippen MR) is 87.5 cm³/mol. The molecule has 2 unspecified atom stereocenters. The minimum Gasteiger partial charge on any atom is -0.297 e. The maximum atomic E-state index is 14.3. The average molecular weight is 337 g/mol. The summed E-state index contributed by atoms with van der Waals surface area (Å²) >= 11 is 1.37. The molecule has 1 aromatic rings. The first-order valence-electron chi connectivity index (χ1n) is 8.07. The SMILES string of the molecule is O=C1C=C2CN(C(C(=O)C3CC3)[13c]3[13cH][13cH][13cH][13cH][13c]3F)CCC2S1. The molecule has 1 aromatic carbocycles. The molecule has 23 heavy (non-hydrogen) atoms. The molecule has 0 radical (unpaired) electrons. The number of ketones is 1. The summed E-state index contributed by atoms with van der Waals surface area (Å²) < 4.78 is 14.3. The Balaban J connectivity index is 1.66. The first-order chi connectivity index (χ1) is 11.1. The van der Waals surface area contributed by atoms with E-state index in [1.54, 1.807) is 24.3 Å². The van der Waals surface area contributed by atoms with E-state index in [9.17, 15) is 14.0 Å². The number of likely N-dealkylation sites (tertiary alicyclic amines) is 1.